The second-order valence-corrected chi connectivity index (χ2v) is 5.13. The molecule has 0 aliphatic heterocycles. The largest absolute Gasteiger partial charge is 0.491 e. The van der Waals surface area contributed by atoms with Crippen molar-refractivity contribution >= 4 is 22.7 Å². The summed E-state index contributed by atoms with van der Waals surface area (Å²) in [5, 5.41) is 3.33. The summed E-state index contributed by atoms with van der Waals surface area (Å²) in [7, 11) is 4.05. The van der Waals surface area contributed by atoms with Crippen molar-refractivity contribution in [2.75, 3.05) is 36.7 Å². The SMILES string of the molecule is CCCOc1cccc(Nc2ccc(N(C)C)cc2)c1N. The Kier molecular flexibility index (Phi) is 4.93. The number of hydrogen-bond acceptors (Lipinski definition) is 4. The number of hydrogen-bond donors (Lipinski definition) is 2. The van der Waals surface area contributed by atoms with E-state index in [9.17, 15) is 0 Å². The minimum atomic E-state index is 0.641. The fourth-order valence-electron chi connectivity index (χ4n) is 1.99. The normalized spacial score (nSPS) is 10.2. The molecule has 4 heteroatoms. The summed E-state index contributed by atoms with van der Waals surface area (Å²) in [6, 6.07) is 14.0. The second-order valence-electron chi connectivity index (χ2n) is 5.13. The van der Waals surface area contributed by atoms with Gasteiger partial charge in [-0.1, -0.05) is 13.0 Å². The number of nitrogen functional groups attached to an aromatic ring is 1. The molecule has 0 bridgehead atoms. The zero-order valence-corrected chi connectivity index (χ0v) is 12.9. The van der Waals surface area contributed by atoms with E-state index < -0.39 is 0 Å². The fourth-order valence-corrected chi connectivity index (χ4v) is 1.99. The Bertz CT molecular complexity index is 579. The first-order valence-electron chi connectivity index (χ1n) is 7.17. The Hall–Kier alpha value is -2.36. The number of para-hydroxylation sites is 1. The molecule has 3 N–H and O–H groups in total. The maximum atomic E-state index is 6.15. The van der Waals surface area contributed by atoms with Crippen LogP contribution in [0.25, 0.3) is 0 Å². The molecule has 21 heavy (non-hydrogen) atoms. The van der Waals surface area contributed by atoms with Gasteiger partial charge in [-0.15, -0.1) is 0 Å². The molecule has 2 aromatic carbocycles. The number of nitrogens with one attached hydrogen (secondary N) is 1. The number of nitrogens with zero attached hydrogens (tertiary/aromatic N) is 1. The van der Waals surface area contributed by atoms with Crippen LogP contribution in [0.15, 0.2) is 42.5 Å². The summed E-state index contributed by atoms with van der Waals surface area (Å²) in [6.07, 6.45) is 0.961. The Labute approximate surface area is 126 Å². The molecule has 112 valence electrons. The second kappa shape index (κ2) is 6.88. The maximum Gasteiger partial charge on any atom is 0.144 e. The van der Waals surface area contributed by atoms with Crippen LogP contribution in [0.1, 0.15) is 13.3 Å². The van der Waals surface area contributed by atoms with E-state index in [-0.39, 0.29) is 0 Å². The van der Waals surface area contributed by atoms with E-state index >= 15 is 0 Å². The maximum absolute atomic E-state index is 6.15. The smallest absolute Gasteiger partial charge is 0.144 e. The molecule has 2 rings (SSSR count). The van der Waals surface area contributed by atoms with Crippen LogP contribution in [0.5, 0.6) is 5.75 Å². The fraction of sp³-hybridized carbons (Fsp3) is 0.294. The van der Waals surface area contributed by atoms with Crippen LogP contribution in [-0.4, -0.2) is 20.7 Å². The van der Waals surface area contributed by atoms with Crippen molar-refractivity contribution in [3.8, 4) is 5.75 Å². The van der Waals surface area contributed by atoms with E-state index in [4.69, 9.17) is 10.5 Å². The predicted molar refractivity (Wildman–Crippen MR) is 90.7 cm³/mol. The molecule has 0 amide bonds. The molecule has 2 aromatic rings. The molecule has 0 saturated carbocycles. The monoisotopic (exact) mass is 285 g/mol. The minimum absolute atomic E-state index is 0.641. The predicted octanol–water partition coefficient (Wildman–Crippen LogP) is 3.87. The Balaban J connectivity index is 2.15. The van der Waals surface area contributed by atoms with Crippen molar-refractivity contribution in [2.24, 2.45) is 0 Å². The van der Waals surface area contributed by atoms with Gasteiger partial charge in [0.15, 0.2) is 0 Å². The van der Waals surface area contributed by atoms with Crippen LogP contribution in [-0.2, 0) is 0 Å². The molecule has 0 saturated heterocycles. The van der Waals surface area contributed by atoms with Crippen LogP contribution in [0.2, 0.25) is 0 Å². The van der Waals surface area contributed by atoms with Crippen LogP contribution >= 0.6 is 0 Å². The first-order chi connectivity index (χ1) is 10.1. The Morgan fingerprint density at radius 1 is 1.10 bits per heavy atom. The lowest BCUT2D eigenvalue weighted by molar-refractivity contribution is 0.319. The van der Waals surface area contributed by atoms with Gasteiger partial charge >= 0.3 is 0 Å². The average Bonchev–Trinajstić information content (AvgIpc) is 2.49. The van der Waals surface area contributed by atoms with Gasteiger partial charge in [0.25, 0.3) is 0 Å². The van der Waals surface area contributed by atoms with E-state index in [1.165, 1.54) is 0 Å². The molecule has 0 unspecified atom stereocenters. The third-order valence-corrected chi connectivity index (χ3v) is 3.19. The van der Waals surface area contributed by atoms with E-state index in [1.807, 2.05) is 44.4 Å². The van der Waals surface area contributed by atoms with Crippen LogP contribution in [0.4, 0.5) is 22.7 Å². The number of rotatable bonds is 6. The Morgan fingerprint density at radius 3 is 2.43 bits per heavy atom. The van der Waals surface area contributed by atoms with Gasteiger partial charge in [-0.05, 0) is 42.8 Å². The van der Waals surface area contributed by atoms with Crippen molar-refractivity contribution in [3.63, 3.8) is 0 Å². The highest BCUT2D eigenvalue weighted by Crippen LogP contribution is 2.32. The van der Waals surface area contributed by atoms with Crippen molar-refractivity contribution in [1.29, 1.82) is 0 Å². The quantitative estimate of drug-likeness (QED) is 0.791. The van der Waals surface area contributed by atoms with Gasteiger partial charge in [-0.25, -0.2) is 0 Å². The van der Waals surface area contributed by atoms with Crippen molar-refractivity contribution in [2.45, 2.75) is 13.3 Å². The molecule has 0 aliphatic carbocycles. The lowest BCUT2D eigenvalue weighted by Gasteiger charge is -2.15. The third kappa shape index (κ3) is 3.81. The highest BCUT2D eigenvalue weighted by Gasteiger charge is 2.06. The molecule has 4 nitrogen and oxygen atoms in total. The zero-order chi connectivity index (χ0) is 15.2. The van der Waals surface area contributed by atoms with Gasteiger partial charge < -0.3 is 20.7 Å². The van der Waals surface area contributed by atoms with E-state index in [2.05, 4.69) is 29.3 Å². The van der Waals surface area contributed by atoms with Gasteiger partial charge in [0.05, 0.1) is 18.0 Å². The highest BCUT2D eigenvalue weighted by molar-refractivity contribution is 5.77. The molecule has 0 atom stereocenters. The molecule has 0 aliphatic rings. The number of anilines is 4. The van der Waals surface area contributed by atoms with E-state index in [0.717, 1.165) is 29.2 Å². The first-order valence-corrected chi connectivity index (χ1v) is 7.17. The average molecular weight is 285 g/mol. The van der Waals surface area contributed by atoms with Crippen molar-refractivity contribution < 1.29 is 4.74 Å². The summed E-state index contributed by atoms with van der Waals surface area (Å²) in [5.41, 5.74) is 9.82. The summed E-state index contributed by atoms with van der Waals surface area (Å²) in [4.78, 5) is 2.07. The van der Waals surface area contributed by atoms with Gasteiger partial charge in [-0.3, -0.25) is 0 Å². The highest BCUT2D eigenvalue weighted by atomic mass is 16.5. The molecule has 0 radical (unpaired) electrons. The van der Waals surface area contributed by atoms with Gasteiger partial charge in [0, 0.05) is 25.5 Å². The number of ether oxygens (including phenoxy) is 1. The topological polar surface area (TPSA) is 50.5 Å². The van der Waals surface area contributed by atoms with Gasteiger partial charge in [0.2, 0.25) is 0 Å². The summed E-state index contributed by atoms with van der Waals surface area (Å²) < 4.78 is 5.64. The van der Waals surface area contributed by atoms with E-state index in [0.29, 0.717) is 12.3 Å². The molecular formula is C17H23N3O. The molecule has 0 spiro atoms. The summed E-state index contributed by atoms with van der Waals surface area (Å²) in [5.74, 6) is 0.728. The first kappa shape index (κ1) is 15.0. The van der Waals surface area contributed by atoms with Crippen molar-refractivity contribution in [1.82, 2.24) is 0 Å². The standard InChI is InChI=1S/C17H23N3O/c1-4-12-21-16-7-5-6-15(17(16)18)19-13-8-10-14(11-9-13)20(2)3/h5-11,19H,4,12,18H2,1-3H3. The van der Waals surface area contributed by atoms with Crippen molar-refractivity contribution in [3.05, 3.63) is 42.5 Å². The minimum Gasteiger partial charge on any atom is -0.491 e. The lowest BCUT2D eigenvalue weighted by Crippen LogP contribution is -2.08. The number of benzene rings is 2. The molecule has 0 aromatic heterocycles. The summed E-state index contributed by atoms with van der Waals surface area (Å²) >= 11 is 0. The van der Waals surface area contributed by atoms with Crippen LogP contribution < -0.4 is 20.7 Å². The lowest BCUT2D eigenvalue weighted by atomic mass is 10.2. The summed E-state index contributed by atoms with van der Waals surface area (Å²) in [6.45, 7) is 2.75. The van der Waals surface area contributed by atoms with Gasteiger partial charge in [-0.2, -0.15) is 0 Å². The van der Waals surface area contributed by atoms with E-state index in [1.54, 1.807) is 0 Å². The number of nitrogens with two attached hydrogens (primary N) is 1. The Morgan fingerprint density at radius 2 is 1.81 bits per heavy atom. The molecular weight excluding hydrogens is 262 g/mol. The van der Waals surface area contributed by atoms with Gasteiger partial charge in [0.1, 0.15) is 5.75 Å². The van der Waals surface area contributed by atoms with Crippen LogP contribution in [0.3, 0.4) is 0 Å². The zero-order valence-electron chi connectivity index (χ0n) is 12.9. The van der Waals surface area contributed by atoms with Crippen LogP contribution in [0, 0.1) is 0 Å². The third-order valence-electron chi connectivity index (χ3n) is 3.19. The molecule has 0 heterocycles. The molecule has 0 fully saturated rings.